The topological polar surface area (TPSA) is 77.6 Å². The van der Waals surface area contributed by atoms with Crippen LogP contribution in [0.5, 0.6) is 0 Å². The van der Waals surface area contributed by atoms with Gasteiger partial charge in [0.1, 0.15) is 5.82 Å². The summed E-state index contributed by atoms with van der Waals surface area (Å²) in [6.45, 7) is 2.68. The normalized spacial score (nSPS) is 13.7. The van der Waals surface area contributed by atoms with Crippen LogP contribution in [0.2, 0.25) is 5.02 Å². The maximum Gasteiger partial charge on any atom is 0.329 e. The van der Waals surface area contributed by atoms with Gasteiger partial charge in [-0.1, -0.05) is 41.9 Å². The molecule has 178 valence electrons. The van der Waals surface area contributed by atoms with Crippen LogP contribution >= 0.6 is 24.0 Å². The number of pyridine rings is 1. The van der Waals surface area contributed by atoms with E-state index < -0.39 is 0 Å². The van der Waals surface area contributed by atoms with Crippen LogP contribution in [0.15, 0.2) is 66.7 Å². The highest BCUT2D eigenvalue weighted by Crippen LogP contribution is 2.35. The lowest BCUT2D eigenvalue weighted by Gasteiger charge is -2.36. The minimum Gasteiger partial charge on any atom is -0.318 e. The zero-order chi connectivity index (χ0) is 23.4. The monoisotopic (exact) mass is 499 g/mol. The predicted octanol–water partition coefficient (Wildman–Crippen LogP) is 5.02. The average Bonchev–Trinajstić information content (AvgIpc) is 2.83. The summed E-state index contributed by atoms with van der Waals surface area (Å²) in [5, 5.41) is 6.35. The molecule has 0 radical (unpaired) electrons. The van der Waals surface area contributed by atoms with E-state index in [1.807, 2.05) is 48.5 Å². The summed E-state index contributed by atoms with van der Waals surface area (Å²) in [4.78, 5) is 33.9. The van der Waals surface area contributed by atoms with Crippen molar-refractivity contribution in [2.24, 2.45) is 0 Å². The molecule has 3 aromatic rings. The van der Waals surface area contributed by atoms with Gasteiger partial charge in [0, 0.05) is 11.6 Å². The minimum absolute atomic E-state index is 0. The van der Waals surface area contributed by atoms with Crippen LogP contribution < -0.4 is 15.5 Å². The van der Waals surface area contributed by atoms with Crippen molar-refractivity contribution >= 4 is 53.1 Å². The van der Waals surface area contributed by atoms with Crippen LogP contribution in [-0.2, 0) is 17.8 Å². The number of nitrogens with one attached hydrogen (secondary N) is 2. The molecule has 2 N–H and O–H groups in total. The van der Waals surface area contributed by atoms with Crippen molar-refractivity contribution < 1.29 is 9.59 Å². The van der Waals surface area contributed by atoms with E-state index in [0.717, 1.165) is 12.0 Å². The van der Waals surface area contributed by atoms with E-state index in [2.05, 4.69) is 15.6 Å². The van der Waals surface area contributed by atoms with Crippen molar-refractivity contribution in [1.29, 1.82) is 0 Å². The second kappa shape index (κ2) is 11.3. The van der Waals surface area contributed by atoms with Crippen LogP contribution in [0.1, 0.15) is 18.2 Å². The Hall–Kier alpha value is -3.13. The molecule has 2 heterocycles. The van der Waals surface area contributed by atoms with Crippen LogP contribution in [0, 0.1) is 0 Å². The Kier molecular flexibility index (Phi) is 8.50. The molecule has 1 aliphatic heterocycles. The fourth-order valence-electron chi connectivity index (χ4n) is 3.67. The first-order chi connectivity index (χ1) is 16.0. The first-order valence-electron chi connectivity index (χ1n) is 10.8. The second-order valence-electron chi connectivity index (χ2n) is 7.91. The fraction of sp³-hybridized carbons (Fsp3) is 0.240. The van der Waals surface area contributed by atoms with Gasteiger partial charge in [-0.05, 0) is 62.4 Å². The van der Waals surface area contributed by atoms with Crippen molar-refractivity contribution in [1.82, 2.24) is 15.2 Å². The van der Waals surface area contributed by atoms with Crippen LogP contribution in [0.4, 0.5) is 22.0 Å². The highest BCUT2D eigenvalue weighted by atomic mass is 35.5. The summed E-state index contributed by atoms with van der Waals surface area (Å²) < 4.78 is 0. The summed E-state index contributed by atoms with van der Waals surface area (Å²) in [6, 6.07) is 20.3. The summed E-state index contributed by atoms with van der Waals surface area (Å²) in [5.74, 6) is 0.279. The summed E-state index contributed by atoms with van der Waals surface area (Å²) in [5.41, 5.74) is 3.27. The lowest BCUT2D eigenvalue weighted by atomic mass is 10.1. The summed E-state index contributed by atoms with van der Waals surface area (Å²) >= 11 is 6.07. The van der Waals surface area contributed by atoms with Gasteiger partial charge in [-0.25, -0.2) is 9.78 Å². The highest BCUT2D eigenvalue weighted by Gasteiger charge is 2.32. The van der Waals surface area contributed by atoms with Gasteiger partial charge in [-0.3, -0.25) is 9.69 Å². The molecule has 0 bridgehead atoms. The van der Waals surface area contributed by atoms with Gasteiger partial charge in [0.2, 0.25) is 5.91 Å². The highest BCUT2D eigenvalue weighted by molar-refractivity contribution is 6.30. The van der Waals surface area contributed by atoms with Gasteiger partial charge in [-0.2, -0.15) is 0 Å². The zero-order valence-corrected chi connectivity index (χ0v) is 20.6. The van der Waals surface area contributed by atoms with E-state index in [4.69, 9.17) is 11.6 Å². The first kappa shape index (κ1) is 25.5. The Morgan fingerprint density at radius 1 is 1.09 bits per heavy atom. The fourth-order valence-corrected chi connectivity index (χ4v) is 3.79. The SMILES string of the molecule is CN[C@@H](C)C(=O)Nc1ccc2c(n1)CN(CCc1ccccc1)C(=O)N2c1ccc(Cl)cc1.Cl. The maximum atomic E-state index is 13.5. The van der Waals surface area contributed by atoms with E-state index in [-0.39, 0.29) is 30.4 Å². The quantitative estimate of drug-likeness (QED) is 0.478. The molecule has 4 rings (SSSR count). The minimum atomic E-state index is -0.350. The molecule has 2 aromatic carbocycles. The molecule has 0 fully saturated rings. The Bertz CT molecular complexity index is 1140. The average molecular weight is 500 g/mol. The lowest BCUT2D eigenvalue weighted by molar-refractivity contribution is -0.117. The number of amides is 3. The van der Waals surface area contributed by atoms with Crippen molar-refractivity contribution in [3.8, 4) is 0 Å². The molecule has 0 saturated heterocycles. The van der Waals surface area contributed by atoms with Crippen LogP contribution in [-0.4, -0.2) is 41.5 Å². The molecule has 0 saturated carbocycles. The van der Waals surface area contributed by atoms with Crippen molar-refractivity contribution in [3.63, 3.8) is 0 Å². The smallest absolute Gasteiger partial charge is 0.318 e. The third-order valence-electron chi connectivity index (χ3n) is 5.67. The number of carbonyl (C=O) groups is 2. The van der Waals surface area contributed by atoms with Crippen LogP contribution in [0.3, 0.4) is 0 Å². The van der Waals surface area contributed by atoms with Crippen molar-refractivity contribution in [2.75, 3.05) is 23.8 Å². The van der Waals surface area contributed by atoms with Gasteiger partial charge < -0.3 is 15.5 Å². The van der Waals surface area contributed by atoms with Gasteiger partial charge in [0.05, 0.1) is 29.7 Å². The standard InChI is InChI=1S/C25H26ClN5O2.ClH/c1-17(27-2)24(32)29-23-13-12-22-21(28-23)16-30(15-14-18-6-4-3-5-7-18)25(33)31(22)20-10-8-19(26)9-11-20;/h3-13,17,27H,14-16H2,1-2H3,(H,28,29,32);1H/t17-;/m0./s1. The number of hydrogen-bond acceptors (Lipinski definition) is 4. The molecule has 7 nitrogen and oxygen atoms in total. The number of aromatic nitrogens is 1. The van der Waals surface area contributed by atoms with Gasteiger partial charge in [-0.15, -0.1) is 12.4 Å². The number of nitrogens with zero attached hydrogens (tertiary/aromatic N) is 3. The van der Waals surface area contributed by atoms with Crippen LogP contribution in [0.25, 0.3) is 0 Å². The number of anilines is 3. The third kappa shape index (κ3) is 5.67. The summed E-state index contributed by atoms with van der Waals surface area (Å²) in [6.07, 6.45) is 0.729. The first-order valence-corrected chi connectivity index (χ1v) is 11.2. The number of fused-ring (bicyclic) bond motifs is 1. The molecule has 0 unspecified atom stereocenters. The Balaban J connectivity index is 0.00000324. The second-order valence-corrected chi connectivity index (χ2v) is 8.35. The summed E-state index contributed by atoms with van der Waals surface area (Å²) in [7, 11) is 1.73. The van der Waals surface area contributed by atoms with Gasteiger partial charge in [0.15, 0.2) is 0 Å². The molecular formula is C25H27Cl2N5O2. The Morgan fingerprint density at radius 3 is 2.47 bits per heavy atom. The largest absolute Gasteiger partial charge is 0.329 e. The van der Waals surface area contributed by atoms with E-state index in [1.165, 1.54) is 0 Å². The Labute approximate surface area is 210 Å². The van der Waals surface area contributed by atoms with E-state index in [9.17, 15) is 9.59 Å². The number of benzene rings is 2. The van der Waals surface area contributed by atoms with Crippen molar-refractivity contribution in [3.05, 3.63) is 83.0 Å². The number of likely N-dealkylation sites (N-methyl/N-ethyl adjacent to an activating group) is 1. The number of carbonyl (C=O) groups excluding carboxylic acids is 2. The zero-order valence-electron chi connectivity index (χ0n) is 19.0. The third-order valence-corrected chi connectivity index (χ3v) is 5.92. The molecule has 1 aliphatic rings. The van der Waals surface area contributed by atoms with Gasteiger partial charge in [0.25, 0.3) is 0 Å². The number of urea groups is 1. The molecule has 0 aliphatic carbocycles. The molecule has 9 heteroatoms. The Morgan fingerprint density at radius 2 is 1.79 bits per heavy atom. The predicted molar refractivity (Wildman–Crippen MR) is 138 cm³/mol. The molecule has 3 amide bonds. The molecule has 1 aromatic heterocycles. The van der Waals surface area contributed by atoms with Gasteiger partial charge >= 0.3 is 6.03 Å². The van der Waals surface area contributed by atoms with E-state index in [0.29, 0.717) is 41.0 Å². The molecular weight excluding hydrogens is 473 g/mol. The molecule has 1 atom stereocenters. The van der Waals surface area contributed by atoms with Crippen molar-refractivity contribution in [2.45, 2.75) is 25.9 Å². The maximum absolute atomic E-state index is 13.5. The number of rotatable bonds is 7. The molecule has 34 heavy (non-hydrogen) atoms. The number of halogens is 2. The molecule has 0 spiro atoms. The number of hydrogen-bond donors (Lipinski definition) is 2. The lowest BCUT2D eigenvalue weighted by Crippen LogP contribution is -2.46. The van der Waals surface area contributed by atoms with E-state index >= 15 is 0 Å². The van der Waals surface area contributed by atoms with E-state index in [1.54, 1.807) is 42.0 Å².